The highest BCUT2D eigenvalue weighted by molar-refractivity contribution is 7.15. The first-order valence-corrected chi connectivity index (χ1v) is 7.70. The Kier molecular flexibility index (Phi) is 3.12. The molecule has 110 valence electrons. The van der Waals surface area contributed by atoms with Crippen molar-refractivity contribution in [2.24, 2.45) is 0 Å². The summed E-state index contributed by atoms with van der Waals surface area (Å²) in [7, 11) is 0. The van der Waals surface area contributed by atoms with Crippen molar-refractivity contribution in [3.63, 3.8) is 0 Å². The van der Waals surface area contributed by atoms with E-state index in [0.29, 0.717) is 22.0 Å². The van der Waals surface area contributed by atoms with E-state index < -0.39 is 0 Å². The molecule has 2 bridgehead atoms. The molecule has 7 nitrogen and oxygen atoms in total. The smallest absolute Gasteiger partial charge is 0.399 e. The fourth-order valence-electron chi connectivity index (χ4n) is 3.01. The van der Waals surface area contributed by atoms with Crippen LogP contribution in [-0.4, -0.2) is 34.2 Å². The number of aromatic nitrogens is 2. The van der Waals surface area contributed by atoms with Gasteiger partial charge in [0.2, 0.25) is 6.39 Å². The lowest BCUT2D eigenvalue weighted by Gasteiger charge is -2.20. The van der Waals surface area contributed by atoms with E-state index in [1.54, 1.807) is 12.1 Å². The summed E-state index contributed by atoms with van der Waals surface area (Å²) in [6.45, 7) is 0. The second-order valence-corrected chi connectivity index (χ2v) is 6.33. The second-order valence-electron chi connectivity index (χ2n) is 5.29. The summed E-state index contributed by atoms with van der Waals surface area (Å²) in [5.74, 6) is -0.0558. The second kappa shape index (κ2) is 5.12. The van der Waals surface area contributed by atoms with Crippen molar-refractivity contribution in [3.8, 4) is 11.1 Å². The predicted octanol–water partition coefficient (Wildman–Crippen LogP) is 1.55. The number of thiophene rings is 1. The summed E-state index contributed by atoms with van der Waals surface area (Å²) in [4.78, 5) is 12.9. The van der Waals surface area contributed by atoms with Crippen molar-refractivity contribution in [1.29, 1.82) is 0 Å². The lowest BCUT2D eigenvalue weighted by atomic mass is 9.95. The van der Waals surface area contributed by atoms with E-state index in [2.05, 4.69) is 20.8 Å². The van der Waals surface area contributed by atoms with Crippen LogP contribution >= 0.6 is 11.3 Å². The summed E-state index contributed by atoms with van der Waals surface area (Å²) < 4.78 is 10.3. The van der Waals surface area contributed by atoms with Gasteiger partial charge in [-0.1, -0.05) is 16.4 Å². The third-order valence-corrected chi connectivity index (χ3v) is 4.91. The topological polar surface area (TPSA) is 89.3 Å². The molecule has 3 unspecified atom stereocenters. The predicted molar refractivity (Wildman–Crippen MR) is 74.5 cm³/mol. The highest BCUT2D eigenvalue weighted by Crippen LogP contribution is 2.30. The first kappa shape index (κ1) is 12.8. The van der Waals surface area contributed by atoms with Gasteiger partial charge < -0.3 is 19.8 Å². The number of hydrogen-bond donors (Lipinski definition) is 2. The quantitative estimate of drug-likeness (QED) is 0.891. The molecule has 2 aromatic rings. The third-order valence-electron chi connectivity index (χ3n) is 3.95. The van der Waals surface area contributed by atoms with E-state index in [1.807, 2.05) is 0 Å². The largest absolute Gasteiger partial charge is 0.420 e. The zero-order valence-corrected chi connectivity index (χ0v) is 11.9. The molecule has 2 fully saturated rings. The Bertz CT molecular complexity index is 642. The minimum Gasteiger partial charge on any atom is -0.399 e. The molecule has 0 saturated carbocycles. The van der Waals surface area contributed by atoms with E-state index in [1.165, 1.54) is 24.2 Å². The summed E-state index contributed by atoms with van der Waals surface area (Å²) in [6.07, 6.45) is 4.65. The van der Waals surface area contributed by atoms with Crippen LogP contribution in [0.15, 0.2) is 22.9 Å². The Morgan fingerprint density at radius 3 is 3.14 bits per heavy atom. The number of fused-ring (bicyclic) bond motifs is 2. The number of carbonyl (C=O) groups excluding carboxylic acids is 1. The SMILES string of the molecule is O=C(NC1CC2CCC1N2)c1ccc(Oc2nnco2)s1. The first-order valence-electron chi connectivity index (χ1n) is 6.89. The van der Waals surface area contributed by atoms with Gasteiger partial charge in [0.1, 0.15) is 0 Å². The summed E-state index contributed by atoms with van der Waals surface area (Å²) in [6, 6.07) is 4.70. The van der Waals surface area contributed by atoms with Crippen LogP contribution in [0.4, 0.5) is 0 Å². The molecule has 4 heterocycles. The highest BCUT2D eigenvalue weighted by atomic mass is 32.1. The maximum Gasteiger partial charge on any atom is 0.420 e. The number of carbonyl (C=O) groups is 1. The number of ether oxygens (including phenoxy) is 1. The van der Waals surface area contributed by atoms with E-state index >= 15 is 0 Å². The molecule has 21 heavy (non-hydrogen) atoms. The van der Waals surface area contributed by atoms with E-state index in [-0.39, 0.29) is 18.0 Å². The van der Waals surface area contributed by atoms with Gasteiger partial charge in [0.15, 0.2) is 5.06 Å². The maximum atomic E-state index is 12.3. The number of nitrogens with zero attached hydrogens (tertiary/aromatic N) is 2. The van der Waals surface area contributed by atoms with E-state index in [4.69, 9.17) is 9.15 Å². The standard InChI is InChI=1S/C13H14N4O3S/c18-12(16-9-5-7-1-2-8(9)15-7)10-3-4-11(21-10)20-13-17-14-6-19-13/h3-4,6-9,15H,1-2,5H2,(H,16,18). The van der Waals surface area contributed by atoms with Crippen LogP contribution in [0.5, 0.6) is 11.1 Å². The molecular weight excluding hydrogens is 292 g/mol. The van der Waals surface area contributed by atoms with Crippen LogP contribution in [0.25, 0.3) is 0 Å². The van der Waals surface area contributed by atoms with Gasteiger partial charge in [0.05, 0.1) is 4.88 Å². The molecule has 2 aromatic heterocycles. The van der Waals surface area contributed by atoms with Crippen LogP contribution in [0.3, 0.4) is 0 Å². The molecule has 2 aliphatic rings. The fourth-order valence-corrected chi connectivity index (χ4v) is 3.77. The molecule has 2 saturated heterocycles. The monoisotopic (exact) mass is 306 g/mol. The van der Waals surface area contributed by atoms with Crippen LogP contribution < -0.4 is 15.4 Å². The minimum absolute atomic E-state index is 0.0558. The van der Waals surface area contributed by atoms with Gasteiger partial charge in [-0.25, -0.2) is 0 Å². The molecular formula is C13H14N4O3S. The molecule has 8 heteroatoms. The van der Waals surface area contributed by atoms with Crippen LogP contribution in [-0.2, 0) is 0 Å². The zero-order valence-electron chi connectivity index (χ0n) is 11.1. The van der Waals surface area contributed by atoms with Crippen LogP contribution in [0, 0.1) is 0 Å². The average molecular weight is 306 g/mol. The lowest BCUT2D eigenvalue weighted by Crippen LogP contribution is -2.42. The van der Waals surface area contributed by atoms with Crippen molar-refractivity contribution >= 4 is 17.2 Å². The van der Waals surface area contributed by atoms with Gasteiger partial charge in [0.25, 0.3) is 5.91 Å². The van der Waals surface area contributed by atoms with Gasteiger partial charge >= 0.3 is 6.08 Å². The fraction of sp³-hybridized carbons (Fsp3) is 0.462. The highest BCUT2D eigenvalue weighted by Gasteiger charge is 2.39. The Morgan fingerprint density at radius 2 is 2.43 bits per heavy atom. The molecule has 0 spiro atoms. The average Bonchev–Trinajstić information content (AvgIpc) is 3.24. The first-order chi connectivity index (χ1) is 10.3. The number of hydrogen-bond acceptors (Lipinski definition) is 7. The van der Waals surface area contributed by atoms with Crippen molar-refractivity contribution < 1.29 is 13.9 Å². The normalized spacial score (nSPS) is 27.0. The van der Waals surface area contributed by atoms with Crippen molar-refractivity contribution in [2.45, 2.75) is 37.4 Å². The molecule has 3 atom stereocenters. The van der Waals surface area contributed by atoms with Gasteiger partial charge in [-0.05, 0) is 31.4 Å². The number of nitrogens with one attached hydrogen (secondary N) is 2. The van der Waals surface area contributed by atoms with E-state index in [9.17, 15) is 4.79 Å². The molecule has 0 aromatic carbocycles. The maximum absolute atomic E-state index is 12.3. The van der Waals surface area contributed by atoms with Crippen LogP contribution in [0.1, 0.15) is 28.9 Å². The summed E-state index contributed by atoms with van der Waals surface area (Å²) >= 11 is 1.26. The Balaban J connectivity index is 1.39. The molecule has 2 N–H and O–H groups in total. The molecule has 0 radical (unpaired) electrons. The molecule has 4 rings (SSSR count). The van der Waals surface area contributed by atoms with Gasteiger partial charge in [0, 0.05) is 18.1 Å². The minimum atomic E-state index is -0.0558. The van der Waals surface area contributed by atoms with Gasteiger partial charge in [-0.3, -0.25) is 4.79 Å². The lowest BCUT2D eigenvalue weighted by molar-refractivity contribution is 0.0935. The Morgan fingerprint density at radius 1 is 1.48 bits per heavy atom. The zero-order chi connectivity index (χ0) is 14.2. The van der Waals surface area contributed by atoms with Crippen molar-refractivity contribution in [3.05, 3.63) is 23.4 Å². The van der Waals surface area contributed by atoms with E-state index in [0.717, 1.165) is 12.8 Å². The van der Waals surface area contributed by atoms with Crippen molar-refractivity contribution in [2.75, 3.05) is 0 Å². The molecule has 1 amide bonds. The van der Waals surface area contributed by atoms with Crippen LogP contribution in [0.2, 0.25) is 0 Å². The molecule has 0 aliphatic carbocycles. The third kappa shape index (κ3) is 2.52. The Hall–Kier alpha value is -1.93. The van der Waals surface area contributed by atoms with Gasteiger partial charge in [-0.2, -0.15) is 0 Å². The summed E-state index contributed by atoms with van der Waals surface area (Å²) in [5.41, 5.74) is 0. The van der Waals surface area contributed by atoms with Crippen molar-refractivity contribution in [1.82, 2.24) is 20.8 Å². The van der Waals surface area contributed by atoms with Gasteiger partial charge in [-0.15, -0.1) is 5.10 Å². The Labute approximate surface area is 124 Å². The number of rotatable bonds is 4. The number of amides is 1. The summed E-state index contributed by atoms with van der Waals surface area (Å²) in [5, 5.41) is 14.3. The molecule has 2 aliphatic heterocycles.